The lowest BCUT2D eigenvalue weighted by molar-refractivity contribution is -0.137. The number of piperidine rings is 1. The van der Waals surface area contributed by atoms with E-state index in [9.17, 15) is 4.79 Å². The highest BCUT2D eigenvalue weighted by Gasteiger charge is 2.30. The summed E-state index contributed by atoms with van der Waals surface area (Å²) in [7, 11) is 1.68. The van der Waals surface area contributed by atoms with E-state index in [1.165, 1.54) is 19.3 Å². The first kappa shape index (κ1) is 18.4. The molecular formula is C21H27N3O2S. The molecule has 1 amide bonds. The van der Waals surface area contributed by atoms with Crippen LogP contribution in [0.5, 0.6) is 5.75 Å². The Morgan fingerprint density at radius 2 is 1.81 bits per heavy atom. The van der Waals surface area contributed by atoms with Gasteiger partial charge in [0, 0.05) is 24.9 Å². The van der Waals surface area contributed by atoms with Crippen LogP contribution in [0.15, 0.2) is 24.3 Å². The lowest BCUT2D eigenvalue weighted by Crippen LogP contribution is -2.41. The number of amides is 1. The zero-order valence-electron chi connectivity index (χ0n) is 15.9. The number of nitrogens with zero attached hydrogens (tertiary/aromatic N) is 3. The topological polar surface area (TPSA) is 55.3 Å². The molecule has 4 rings (SSSR count). The molecular weight excluding hydrogens is 358 g/mol. The highest BCUT2D eigenvalue weighted by atomic mass is 32.1. The number of hydrogen-bond donors (Lipinski definition) is 0. The summed E-state index contributed by atoms with van der Waals surface area (Å²) < 4.78 is 5.45. The Bertz CT molecular complexity index is 777. The first-order chi connectivity index (χ1) is 13.3. The quantitative estimate of drug-likeness (QED) is 0.777. The second-order valence-corrected chi connectivity index (χ2v) is 8.59. The van der Waals surface area contributed by atoms with Crippen molar-refractivity contribution in [1.29, 1.82) is 0 Å². The Morgan fingerprint density at radius 1 is 1.07 bits per heavy atom. The van der Waals surface area contributed by atoms with Crippen molar-refractivity contribution in [3.63, 3.8) is 0 Å². The summed E-state index contributed by atoms with van der Waals surface area (Å²) >= 11 is 1.65. The number of likely N-dealkylation sites (tertiary alicyclic amines) is 1. The third-order valence-electron chi connectivity index (χ3n) is 5.89. The van der Waals surface area contributed by atoms with Gasteiger partial charge < -0.3 is 9.64 Å². The van der Waals surface area contributed by atoms with Crippen molar-refractivity contribution >= 4 is 17.2 Å². The molecule has 0 radical (unpaired) electrons. The van der Waals surface area contributed by atoms with E-state index in [0.717, 1.165) is 60.1 Å². The maximum atomic E-state index is 12.7. The Balaban J connectivity index is 1.39. The maximum Gasteiger partial charge on any atom is 0.225 e. The lowest BCUT2D eigenvalue weighted by atomic mass is 9.87. The molecule has 6 heteroatoms. The number of para-hydroxylation sites is 1. The number of hydrogen-bond acceptors (Lipinski definition) is 5. The SMILES string of the molecule is COc1ccccc1-c1nnc(C2CCN(C(=O)C3CCCCC3)CC2)s1. The van der Waals surface area contributed by atoms with Gasteiger partial charge in [0.15, 0.2) is 5.01 Å². The highest BCUT2D eigenvalue weighted by Crippen LogP contribution is 2.37. The summed E-state index contributed by atoms with van der Waals surface area (Å²) in [6, 6.07) is 7.93. The van der Waals surface area contributed by atoms with Gasteiger partial charge in [-0.05, 0) is 37.8 Å². The fourth-order valence-electron chi connectivity index (χ4n) is 4.28. The van der Waals surface area contributed by atoms with Gasteiger partial charge in [-0.2, -0.15) is 0 Å². The lowest BCUT2D eigenvalue weighted by Gasteiger charge is -2.34. The molecule has 144 valence electrons. The van der Waals surface area contributed by atoms with Gasteiger partial charge >= 0.3 is 0 Å². The zero-order chi connectivity index (χ0) is 18.6. The van der Waals surface area contributed by atoms with E-state index in [0.29, 0.717) is 11.8 Å². The van der Waals surface area contributed by atoms with Gasteiger partial charge in [0.05, 0.1) is 12.7 Å². The van der Waals surface area contributed by atoms with E-state index in [-0.39, 0.29) is 5.92 Å². The molecule has 0 N–H and O–H groups in total. The second-order valence-electron chi connectivity index (χ2n) is 7.58. The van der Waals surface area contributed by atoms with Crippen molar-refractivity contribution in [3.05, 3.63) is 29.3 Å². The summed E-state index contributed by atoms with van der Waals surface area (Å²) in [5.41, 5.74) is 0.994. The molecule has 1 aliphatic carbocycles. The average Bonchev–Trinajstić information content (AvgIpc) is 3.24. The van der Waals surface area contributed by atoms with E-state index in [1.807, 2.05) is 24.3 Å². The maximum absolute atomic E-state index is 12.7. The molecule has 0 spiro atoms. The second kappa shape index (κ2) is 8.38. The monoisotopic (exact) mass is 385 g/mol. The Hall–Kier alpha value is -1.95. The van der Waals surface area contributed by atoms with Crippen molar-refractivity contribution < 1.29 is 9.53 Å². The smallest absolute Gasteiger partial charge is 0.225 e. The van der Waals surface area contributed by atoms with Crippen molar-refractivity contribution in [1.82, 2.24) is 15.1 Å². The molecule has 2 heterocycles. The molecule has 0 unspecified atom stereocenters. The van der Waals surface area contributed by atoms with Crippen molar-refractivity contribution in [3.8, 4) is 16.3 Å². The van der Waals surface area contributed by atoms with Crippen LogP contribution >= 0.6 is 11.3 Å². The van der Waals surface area contributed by atoms with Gasteiger partial charge in [-0.25, -0.2) is 0 Å². The molecule has 0 bridgehead atoms. The average molecular weight is 386 g/mol. The molecule has 5 nitrogen and oxygen atoms in total. The van der Waals surface area contributed by atoms with Gasteiger partial charge in [-0.1, -0.05) is 42.7 Å². The fraction of sp³-hybridized carbons (Fsp3) is 0.571. The zero-order valence-corrected chi connectivity index (χ0v) is 16.7. The van der Waals surface area contributed by atoms with Crippen molar-refractivity contribution in [2.24, 2.45) is 5.92 Å². The van der Waals surface area contributed by atoms with Crippen LogP contribution in [0.3, 0.4) is 0 Å². The highest BCUT2D eigenvalue weighted by molar-refractivity contribution is 7.14. The molecule has 1 saturated heterocycles. The first-order valence-corrected chi connectivity index (χ1v) is 10.8. The third-order valence-corrected chi connectivity index (χ3v) is 7.01. The van der Waals surface area contributed by atoms with E-state index in [1.54, 1.807) is 18.4 Å². The molecule has 0 atom stereocenters. The minimum Gasteiger partial charge on any atom is -0.496 e. The normalized spacial score (nSPS) is 19.2. The number of ether oxygens (including phenoxy) is 1. The molecule has 2 aliphatic rings. The van der Waals surface area contributed by atoms with Gasteiger partial charge in [-0.3, -0.25) is 4.79 Å². The minimum atomic E-state index is 0.272. The third kappa shape index (κ3) is 4.00. The molecule has 27 heavy (non-hydrogen) atoms. The number of aromatic nitrogens is 2. The minimum absolute atomic E-state index is 0.272. The van der Waals surface area contributed by atoms with Gasteiger partial charge in [0.1, 0.15) is 10.8 Å². The molecule has 1 saturated carbocycles. The predicted molar refractivity (Wildman–Crippen MR) is 107 cm³/mol. The molecule has 1 aliphatic heterocycles. The van der Waals surface area contributed by atoms with Gasteiger partial charge in [-0.15, -0.1) is 10.2 Å². The summed E-state index contributed by atoms with van der Waals surface area (Å²) in [6.45, 7) is 1.70. The van der Waals surface area contributed by atoms with Crippen LogP contribution in [0, 0.1) is 5.92 Å². The van der Waals surface area contributed by atoms with Crippen molar-refractivity contribution in [2.75, 3.05) is 20.2 Å². The summed E-state index contributed by atoms with van der Waals surface area (Å²) in [4.78, 5) is 14.8. The number of carbonyl (C=O) groups is 1. The number of rotatable bonds is 4. The summed E-state index contributed by atoms with van der Waals surface area (Å²) in [6.07, 6.45) is 7.84. The van der Waals surface area contributed by atoms with Crippen molar-refractivity contribution in [2.45, 2.75) is 50.9 Å². The Morgan fingerprint density at radius 3 is 2.56 bits per heavy atom. The largest absolute Gasteiger partial charge is 0.496 e. The van der Waals surface area contributed by atoms with E-state index >= 15 is 0 Å². The van der Waals surface area contributed by atoms with Crippen LogP contribution < -0.4 is 4.74 Å². The summed E-state index contributed by atoms with van der Waals surface area (Å²) in [5.74, 6) is 1.89. The fourth-order valence-corrected chi connectivity index (χ4v) is 5.33. The first-order valence-electron chi connectivity index (χ1n) is 10.0. The van der Waals surface area contributed by atoms with E-state index < -0.39 is 0 Å². The molecule has 2 aromatic rings. The number of benzene rings is 1. The molecule has 1 aromatic heterocycles. The van der Waals surface area contributed by atoms with E-state index in [2.05, 4.69) is 15.1 Å². The number of methoxy groups -OCH3 is 1. The molecule has 1 aromatic carbocycles. The van der Waals surface area contributed by atoms with Gasteiger partial charge in [0.25, 0.3) is 0 Å². The van der Waals surface area contributed by atoms with Crippen LogP contribution in [-0.2, 0) is 4.79 Å². The van der Waals surface area contributed by atoms with Crippen LogP contribution in [0.25, 0.3) is 10.6 Å². The Kier molecular flexibility index (Phi) is 5.72. The van der Waals surface area contributed by atoms with E-state index in [4.69, 9.17) is 4.74 Å². The van der Waals surface area contributed by atoms with Crippen LogP contribution in [-0.4, -0.2) is 41.2 Å². The Labute approximate surface area is 164 Å². The standard InChI is InChI=1S/C21H27N3O2S/c1-26-18-10-6-5-9-17(18)20-23-22-19(27-20)15-11-13-24(14-12-15)21(25)16-7-3-2-4-8-16/h5-6,9-10,15-16H,2-4,7-8,11-14H2,1H3. The van der Waals surface area contributed by atoms with Crippen LogP contribution in [0.2, 0.25) is 0 Å². The van der Waals surface area contributed by atoms with Gasteiger partial charge in [0.2, 0.25) is 5.91 Å². The predicted octanol–water partition coefficient (Wildman–Crippen LogP) is 4.50. The van der Waals surface area contributed by atoms with Crippen LogP contribution in [0.4, 0.5) is 0 Å². The summed E-state index contributed by atoms with van der Waals surface area (Å²) in [5, 5.41) is 10.9. The molecule has 2 fully saturated rings. The van der Waals surface area contributed by atoms with Crippen LogP contribution in [0.1, 0.15) is 55.9 Å². The number of carbonyl (C=O) groups excluding carboxylic acids is 1.